The van der Waals surface area contributed by atoms with Gasteiger partial charge in [-0.2, -0.15) is 0 Å². The van der Waals surface area contributed by atoms with Crippen molar-refractivity contribution in [2.24, 2.45) is 23.7 Å². The van der Waals surface area contributed by atoms with Crippen LogP contribution in [0.15, 0.2) is 0 Å². The number of rotatable bonds is 6. The summed E-state index contributed by atoms with van der Waals surface area (Å²) in [5.74, 6) is 6.28. The topological polar surface area (TPSA) is 12.0 Å². The Morgan fingerprint density at radius 2 is 1.90 bits per heavy atom. The first kappa shape index (κ1) is 17.6. The third-order valence-corrected chi connectivity index (χ3v) is 4.91. The van der Waals surface area contributed by atoms with E-state index in [9.17, 15) is 0 Å². The second-order valence-corrected chi connectivity index (χ2v) is 8.06. The zero-order chi connectivity index (χ0) is 15.2. The maximum atomic E-state index is 5.41. The van der Waals surface area contributed by atoms with Crippen molar-refractivity contribution in [3.05, 3.63) is 0 Å². The van der Waals surface area contributed by atoms with Crippen LogP contribution in [0.1, 0.15) is 73.1 Å². The van der Waals surface area contributed by atoms with Crippen molar-refractivity contribution in [2.45, 2.75) is 78.7 Å². The summed E-state index contributed by atoms with van der Waals surface area (Å²) < 4.78 is 0. The minimum Gasteiger partial charge on any atom is -0.312 e. The second-order valence-electron chi connectivity index (χ2n) is 8.06. The molecule has 1 N–H and O–H groups in total. The molecule has 1 heteroatoms. The van der Waals surface area contributed by atoms with Crippen LogP contribution >= 0.6 is 0 Å². The van der Waals surface area contributed by atoms with Crippen LogP contribution in [0.3, 0.4) is 0 Å². The van der Waals surface area contributed by atoms with E-state index in [1.807, 2.05) is 0 Å². The first-order valence-electron chi connectivity index (χ1n) is 8.52. The monoisotopic (exact) mass is 277 g/mol. The van der Waals surface area contributed by atoms with Gasteiger partial charge >= 0.3 is 0 Å². The van der Waals surface area contributed by atoms with Crippen molar-refractivity contribution in [3.63, 3.8) is 0 Å². The Kier molecular flexibility index (Phi) is 7.10. The van der Waals surface area contributed by atoms with E-state index in [0.29, 0.717) is 0 Å². The molecular formula is C19H35N. The molecule has 1 rings (SSSR count). The van der Waals surface area contributed by atoms with E-state index in [2.05, 4.69) is 45.9 Å². The number of nitrogens with one attached hydrogen (secondary N) is 1. The summed E-state index contributed by atoms with van der Waals surface area (Å²) in [5, 5.41) is 3.72. The summed E-state index contributed by atoms with van der Waals surface area (Å²) >= 11 is 0. The van der Waals surface area contributed by atoms with Crippen LogP contribution in [0.4, 0.5) is 0 Å². The third kappa shape index (κ3) is 6.31. The molecule has 3 atom stereocenters. The van der Waals surface area contributed by atoms with Gasteiger partial charge in [0.25, 0.3) is 0 Å². The van der Waals surface area contributed by atoms with Crippen molar-refractivity contribution < 1.29 is 0 Å². The standard InChI is InChI=1S/C19H35N/c1-7-8-9-10-17-13-16(15(2)3)11-12-18(17)14-20-19(4,5)6/h1,15-18,20H,8-14H2,2-6H3. The van der Waals surface area contributed by atoms with Gasteiger partial charge < -0.3 is 5.32 Å². The zero-order valence-corrected chi connectivity index (χ0v) is 14.3. The number of unbranched alkanes of at least 4 members (excludes halogenated alkanes) is 1. The fourth-order valence-corrected chi connectivity index (χ4v) is 3.49. The Labute approximate surface area is 127 Å². The summed E-state index contributed by atoms with van der Waals surface area (Å²) in [4.78, 5) is 0. The SMILES string of the molecule is C#CCCCC1CC(C(C)C)CCC1CNC(C)(C)C. The lowest BCUT2D eigenvalue weighted by atomic mass is 9.69. The summed E-state index contributed by atoms with van der Waals surface area (Å²) in [6, 6.07) is 0. The Bertz CT molecular complexity index is 305. The number of hydrogen-bond donors (Lipinski definition) is 1. The van der Waals surface area contributed by atoms with Crippen LogP contribution in [0.2, 0.25) is 0 Å². The molecule has 0 heterocycles. The van der Waals surface area contributed by atoms with E-state index in [1.54, 1.807) is 0 Å². The molecule has 1 fully saturated rings. The molecular weight excluding hydrogens is 242 g/mol. The Hall–Kier alpha value is -0.480. The molecule has 0 aromatic rings. The van der Waals surface area contributed by atoms with E-state index in [4.69, 9.17) is 6.42 Å². The van der Waals surface area contributed by atoms with Crippen LogP contribution in [0.5, 0.6) is 0 Å². The van der Waals surface area contributed by atoms with Crippen molar-refractivity contribution in [3.8, 4) is 12.3 Å². The van der Waals surface area contributed by atoms with Crippen molar-refractivity contribution >= 4 is 0 Å². The smallest absolute Gasteiger partial charge is 0.00966 e. The first-order chi connectivity index (χ1) is 9.33. The van der Waals surface area contributed by atoms with Gasteiger partial charge in [-0.1, -0.05) is 13.8 Å². The Morgan fingerprint density at radius 1 is 1.20 bits per heavy atom. The lowest BCUT2D eigenvalue weighted by Gasteiger charge is -2.39. The molecule has 0 amide bonds. The summed E-state index contributed by atoms with van der Waals surface area (Å²) in [7, 11) is 0. The van der Waals surface area contributed by atoms with E-state index >= 15 is 0 Å². The maximum Gasteiger partial charge on any atom is 0.00966 e. The summed E-state index contributed by atoms with van der Waals surface area (Å²) in [6.07, 6.45) is 13.1. The molecule has 0 aromatic carbocycles. The first-order valence-corrected chi connectivity index (χ1v) is 8.52. The third-order valence-electron chi connectivity index (χ3n) is 4.91. The molecule has 0 radical (unpaired) electrons. The van der Waals surface area contributed by atoms with Gasteiger partial charge in [-0.05, 0) is 83.1 Å². The molecule has 116 valence electrons. The van der Waals surface area contributed by atoms with Gasteiger partial charge in [0.05, 0.1) is 0 Å². The highest BCUT2D eigenvalue weighted by atomic mass is 14.9. The highest BCUT2D eigenvalue weighted by Crippen LogP contribution is 2.39. The maximum absolute atomic E-state index is 5.41. The molecule has 1 saturated carbocycles. The molecule has 0 aliphatic heterocycles. The Balaban J connectivity index is 2.54. The average Bonchev–Trinajstić information content (AvgIpc) is 2.36. The predicted molar refractivity (Wildman–Crippen MR) is 89.6 cm³/mol. The van der Waals surface area contributed by atoms with Crippen LogP contribution in [0.25, 0.3) is 0 Å². The van der Waals surface area contributed by atoms with E-state index < -0.39 is 0 Å². The summed E-state index contributed by atoms with van der Waals surface area (Å²) in [6.45, 7) is 12.7. The molecule has 3 unspecified atom stereocenters. The van der Waals surface area contributed by atoms with Crippen molar-refractivity contribution in [1.82, 2.24) is 5.32 Å². The molecule has 0 bridgehead atoms. The fraction of sp³-hybridized carbons (Fsp3) is 0.895. The van der Waals surface area contributed by atoms with Gasteiger partial charge in [-0.15, -0.1) is 12.3 Å². The van der Waals surface area contributed by atoms with E-state index in [1.165, 1.54) is 38.6 Å². The molecule has 0 spiro atoms. The molecule has 1 aliphatic carbocycles. The van der Waals surface area contributed by atoms with Crippen molar-refractivity contribution in [1.29, 1.82) is 0 Å². The highest BCUT2D eigenvalue weighted by Gasteiger charge is 2.31. The second kappa shape index (κ2) is 8.08. The van der Waals surface area contributed by atoms with Crippen LogP contribution in [-0.2, 0) is 0 Å². The van der Waals surface area contributed by atoms with E-state index in [-0.39, 0.29) is 5.54 Å². The van der Waals surface area contributed by atoms with Crippen LogP contribution in [-0.4, -0.2) is 12.1 Å². The Morgan fingerprint density at radius 3 is 2.45 bits per heavy atom. The highest BCUT2D eigenvalue weighted by molar-refractivity contribution is 4.87. The van der Waals surface area contributed by atoms with Crippen LogP contribution in [0, 0.1) is 36.0 Å². The average molecular weight is 277 g/mol. The van der Waals surface area contributed by atoms with Gasteiger partial charge in [-0.3, -0.25) is 0 Å². The number of terminal acetylenes is 1. The van der Waals surface area contributed by atoms with Gasteiger partial charge in [0.15, 0.2) is 0 Å². The lowest BCUT2D eigenvalue weighted by Crippen LogP contribution is -2.42. The van der Waals surface area contributed by atoms with Crippen molar-refractivity contribution in [2.75, 3.05) is 6.54 Å². The molecule has 1 nitrogen and oxygen atoms in total. The van der Waals surface area contributed by atoms with E-state index in [0.717, 1.165) is 30.1 Å². The lowest BCUT2D eigenvalue weighted by molar-refractivity contribution is 0.130. The molecule has 0 saturated heterocycles. The fourth-order valence-electron chi connectivity index (χ4n) is 3.49. The normalized spacial score (nSPS) is 27.6. The molecule has 20 heavy (non-hydrogen) atoms. The zero-order valence-electron chi connectivity index (χ0n) is 14.3. The van der Waals surface area contributed by atoms with Crippen LogP contribution < -0.4 is 5.32 Å². The van der Waals surface area contributed by atoms with Gasteiger partial charge in [0.1, 0.15) is 0 Å². The quantitative estimate of drug-likeness (QED) is 0.539. The van der Waals surface area contributed by atoms with Gasteiger partial charge in [-0.25, -0.2) is 0 Å². The minimum atomic E-state index is 0.234. The number of hydrogen-bond acceptors (Lipinski definition) is 1. The summed E-state index contributed by atoms with van der Waals surface area (Å²) in [5.41, 5.74) is 0.234. The van der Waals surface area contributed by atoms with Gasteiger partial charge in [0.2, 0.25) is 0 Å². The minimum absolute atomic E-state index is 0.234. The largest absolute Gasteiger partial charge is 0.312 e. The van der Waals surface area contributed by atoms with Gasteiger partial charge in [0, 0.05) is 12.0 Å². The molecule has 1 aliphatic rings. The predicted octanol–water partition coefficient (Wildman–Crippen LogP) is 4.87. The molecule has 0 aromatic heterocycles.